The Hall–Kier alpha value is -0.900. The zero-order valence-corrected chi connectivity index (χ0v) is 7.70. The normalized spacial score (nSPS) is 18.2. The van der Waals surface area contributed by atoms with Gasteiger partial charge in [0.05, 0.1) is 6.54 Å². The van der Waals surface area contributed by atoms with Gasteiger partial charge in [0, 0.05) is 6.42 Å². The van der Waals surface area contributed by atoms with Crippen molar-refractivity contribution in [2.24, 2.45) is 11.7 Å². The van der Waals surface area contributed by atoms with Crippen LogP contribution in [0.4, 0.5) is 0 Å². The van der Waals surface area contributed by atoms with Crippen LogP contribution in [0.15, 0.2) is 4.52 Å². The van der Waals surface area contributed by atoms with Crippen molar-refractivity contribution in [3.05, 3.63) is 11.7 Å². The molecule has 0 unspecified atom stereocenters. The average Bonchev–Trinajstić information content (AvgIpc) is 2.76. The fraction of sp³-hybridized carbons (Fsp3) is 0.778. The fourth-order valence-electron chi connectivity index (χ4n) is 1.92. The molecule has 1 heterocycles. The highest BCUT2D eigenvalue weighted by atomic mass is 16.5. The third-order valence-corrected chi connectivity index (χ3v) is 2.63. The molecule has 1 aliphatic rings. The predicted molar refractivity (Wildman–Crippen MR) is 47.9 cm³/mol. The molecule has 2 N–H and O–H groups in total. The van der Waals surface area contributed by atoms with E-state index in [1.165, 1.54) is 25.7 Å². The molecular formula is C9H15N3O. The number of rotatable bonds is 3. The molecule has 2 rings (SSSR count). The van der Waals surface area contributed by atoms with Crippen LogP contribution in [0.1, 0.15) is 37.4 Å². The lowest BCUT2D eigenvalue weighted by Gasteiger charge is -2.02. The van der Waals surface area contributed by atoms with E-state index in [-0.39, 0.29) is 0 Å². The van der Waals surface area contributed by atoms with E-state index in [0.717, 1.165) is 18.2 Å². The summed E-state index contributed by atoms with van der Waals surface area (Å²) in [7, 11) is 0. The predicted octanol–water partition coefficient (Wildman–Crippen LogP) is 1.26. The first-order chi connectivity index (χ1) is 6.38. The first-order valence-electron chi connectivity index (χ1n) is 4.90. The summed E-state index contributed by atoms with van der Waals surface area (Å²) in [6.07, 6.45) is 6.25. The van der Waals surface area contributed by atoms with E-state index in [1.54, 1.807) is 0 Å². The lowest BCUT2D eigenvalue weighted by Crippen LogP contribution is -2.01. The van der Waals surface area contributed by atoms with Gasteiger partial charge in [-0.1, -0.05) is 18.0 Å². The van der Waals surface area contributed by atoms with E-state index in [4.69, 9.17) is 10.3 Å². The second-order valence-corrected chi connectivity index (χ2v) is 3.66. The molecule has 72 valence electrons. The molecule has 4 heteroatoms. The molecule has 1 fully saturated rings. The molecule has 0 saturated heterocycles. The second-order valence-electron chi connectivity index (χ2n) is 3.66. The maximum absolute atomic E-state index is 5.39. The first kappa shape index (κ1) is 8.69. The van der Waals surface area contributed by atoms with Gasteiger partial charge in [0.2, 0.25) is 5.89 Å². The van der Waals surface area contributed by atoms with Crippen LogP contribution in [0.5, 0.6) is 0 Å². The summed E-state index contributed by atoms with van der Waals surface area (Å²) in [5.41, 5.74) is 5.39. The summed E-state index contributed by atoms with van der Waals surface area (Å²) in [6, 6.07) is 0. The number of nitrogens with zero attached hydrogens (tertiary/aromatic N) is 2. The summed E-state index contributed by atoms with van der Waals surface area (Å²) >= 11 is 0. The van der Waals surface area contributed by atoms with E-state index in [0.29, 0.717) is 12.4 Å². The molecule has 0 aliphatic heterocycles. The van der Waals surface area contributed by atoms with Crippen LogP contribution in [0, 0.1) is 5.92 Å². The maximum atomic E-state index is 5.39. The van der Waals surface area contributed by atoms with Gasteiger partial charge in [0.15, 0.2) is 5.82 Å². The summed E-state index contributed by atoms with van der Waals surface area (Å²) in [4.78, 5) is 4.19. The fourth-order valence-corrected chi connectivity index (χ4v) is 1.92. The molecule has 1 aromatic heterocycles. The smallest absolute Gasteiger partial charge is 0.226 e. The highest BCUT2D eigenvalue weighted by molar-refractivity contribution is 4.88. The van der Waals surface area contributed by atoms with Crippen molar-refractivity contribution in [1.82, 2.24) is 10.1 Å². The zero-order chi connectivity index (χ0) is 9.10. The van der Waals surface area contributed by atoms with Crippen LogP contribution >= 0.6 is 0 Å². The summed E-state index contributed by atoms with van der Waals surface area (Å²) < 4.78 is 5.08. The monoisotopic (exact) mass is 181 g/mol. The van der Waals surface area contributed by atoms with Crippen LogP contribution in [0.2, 0.25) is 0 Å². The van der Waals surface area contributed by atoms with Crippen molar-refractivity contribution in [3.63, 3.8) is 0 Å². The minimum Gasteiger partial charge on any atom is -0.339 e. The minimum absolute atomic E-state index is 0.369. The Bertz CT molecular complexity index is 266. The SMILES string of the molecule is NCc1noc(CC2CCCC2)n1. The van der Waals surface area contributed by atoms with Crippen molar-refractivity contribution in [3.8, 4) is 0 Å². The third kappa shape index (κ3) is 2.06. The van der Waals surface area contributed by atoms with Crippen molar-refractivity contribution < 1.29 is 4.52 Å². The van der Waals surface area contributed by atoms with Gasteiger partial charge in [-0.25, -0.2) is 0 Å². The minimum atomic E-state index is 0.369. The lowest BCUT2D eigenvalue weighted by atomic mass is 10.0. The van der Waals surface area contributed by atoms with E-state index in [1.807, 2.05) is 0 Å². The molecule has 13 heavy (non-hydrogen) atoms. The highest BCUT2D eigenvalue weighted by Crippen LogP contribution is 2.27. The molecule has 0 aromatic carbocycles. The van der Waals surface area contributed by atoms with Crippen LogP contribution in [-0.2, 0) is 13.0 Å². The first-order valence-corrected chi connectivity index (χ1v) is 4.90. The van der Waals surface area contributed by atoms with Gasteiger partial charge in [-0.2, -0.15) is 4.98 Å². The summed E-state index contributed by atoms with van der Waals surface area (Å²) in [6.45, 7) is 0.369. The second kappa shape index (κ2) is 3.87. The molecule has 4 nitrogen and oxygen atoms in total. The number of nitrogens with two attached hydrogens (primary N) is 1. The Morgan fingerprint density at radius 2 is 2.15 bits per heavy atom. The van der Waals surface area contributed by atoms with Gasteiger partial charge < -0.3 is 10.3 Å². The van der Waals surface area contributed by atoms with Gasteiger partial charge in [-0.15, -0.1) is 0 Å². The Morgan fingerprint density at radius 1 is 1.38 bits per heavy atom. The molecule has 0 spiro atoms. The maximum Gasteiger partial charge on any atom is 0.226 e. The Morgan fingerprint density at radius 3 is 2.77 bits per heavy atom. The highest BCUT2D eigenvalue weighted by Gasteiger charge is 2.18. The molecule has 0 atom stereocenters. The van der Waals surface area contributed by atoms with Gasteiger partial charge >= 0.3 is 0 Å². The molecule has 0 bridgehead atoms. The summed E-state index contributed by atoms with van der Waals surface area (Å²) in [5.74, 6) is 2.13. The molecule has 1 aliphatic carbocycles. The largest absolute Gasteiger partial charge is 0.339 e. The Balaban J connectivity index is 1.92. The van der Waals surface area contributed by atoms with E-state index in [9.17, 15) is 0 Å². The topological polar surface area (TPSA) is 64.9 Å². The van der Waals surface area contributed by atoms with E-state index < -0.39 is 0 Å². The number of hydrogen-bond donors (Lipinski definition) is 1. The summed E-state index contributed by atoms with van der Waals surface area (Å²) in [5, 5.41) is 3.77. The van der Waals surface area contributed by atoms with Crippen LogP contribution < -0.4 is 5.73 Å². The average molecular weight is 181 g/mol. The van der Waals surface area contributed by atoms with Crippen LogP contribution in [0.25, 0.3) is 0 Å². The Kier molecular flexibility index (Phi) is 2.59. The Labute approximate surface area is 77.5 Å². The van der Waals surface area contributed by atoms with Crippen molar-refractivity contribution in [2.75, 3.05) is 0 Å². The lowest BCUT2D eigenvalue weighted by molar-refractivity contribution is 0.349. The van der Waals surface area contributed by atoms with E-state index in [2.05, 4.69) is 10.1 Å². The molecular weight excluding hydrogens is 166 g/mol. The van der Waals surface area contributed by atoms with Gasteiger partial charge in [0.25, 0.3) is 0 Å². The van der Waals surface area contributed by atoms with Crippen LogP contribution in [-0.4, -0.2) is 10.1 Å². The van der Waals surface area contributed by atoms with Crippen molar-refractivity contribution in [2.45, 2.75) is 38.6 Å². The number of aromatic nitrogens is 2. The van der Waals surface area contributed by atoms with Gasteiger partial charge in [0.1, 0.15) is 0 Å². The number of hydrogen-bond acceptors (Lipinski definition) is 4. The quantitative estimate of drug-likeness (QED) is 0.762. The van der Waals surface area contributed by atoms with Crippen molar-refractivity contribution >= 4 is 0 Å². The molecule has 0 radical (unpaired) electrons. The van der Waals surface area contributed by atoms with Crippen LogP contribution in [0.3, 0.4) is 0 Å². The zero-order valence-electron chi connectivity index (χ0n) is 7.70. The van der Waals surface area contributed by atoms with Gasteiger partial charge in [-0.05, 0) is 18.8 Å². The van der Waals surface area contributed by atoms with Crippen molar-refractivity contribution in [1.29, 1.82) is 0 Å². The third-order valence-electron chi connectivity index (χ3n) is 2.63. The molecule has 1 aromatic rings. The van der Waals surface area contributed by atoms with E-state index >= 15 is 0 Å². The molecule has 1 saturated carbocycles. The standard InChI is InChI=1S/C9H15N3O/c10-6-8-11-9(13-12-8)5-7-3-1-2-4-7/h7H,1-6,10H2. The van der Waals surface area contributed by atoms with Gasteiger partial charge in [-0.3, -0.25) is 0 Å². The molecule has 0 amide bonds.